The summed E-state index contributed by atoms with van der Waals surface area (Å²) in [6, 6.07) is 17.7. The highest BCUT2D eigenvalue weighted by atomic mass is 32.2. The lowest BCUT2D eigenvalue weighted by Crippen LogP contribution is -2.16. The second kappa shape index (κ2) is 10.3. The number of hydrogen-bond donors (Lipinski definition) is 1. The lowest BCUT2D eigenvalue weighted by atomic mass is 10.1. The van der Waals surface area contributed by atoms with E-state index in [4.69, 9.17) is 0 Å². The van der Waals surface area contributed by atoms with Crippen molar-refractivity contribution < 1.29 is 22.7 Å². The van der Waals surface area contributed by atoms with E-state index in [0.29, 0.717) is 16.8 Å². The summed E-state index contributed by atoms with van der Waals surface area (Å²) in [5, 5.41) is 2.80. The van der Waals surface area contributed by atoms with E-state index in [1.807, 2.05) is 42.6 Å². The third kappa shape index (κ3) is 7.20. The fourth-order valence-corrected chi connectivity index (χ4v) is 3.36. The Kier molecular flexibility index (Phi) is 7.48. The van der Waals surface area contributed by atoms with Gasteiger partial charge in [-0.05, 0) is 53.6 Å². The molecule has 1 heterocycles. The van der Waals surface area contributed by atoms with Gasteiger partial charge in [0.05, 0.1) is 6.61 Å². The van der Waals surface area contributed by atoms with Crippen LogP contribution in [0.2, 0.25) is 0 Å². The molecule has 1 N–H and O–H groups in total. The maximum absolute atomic E-state index is 12.4. The number of halogens is 3. The number of ether oxygens (including phenoxy) is 1. The first-order valence-electron chi connectivity index (χ1n) is 9.06. The van der Waals surface area contributed by atoms with E-state index in [0.717, 1.165) is 16.2 Å². The van der Waals surface area contributed by atoms with Crippen molar-refractivity contribution in [3.8, 4) is 0 Å². The van der Waals surface area contributed by atoms with Gasteiger partial charge in [0.25, 0.3) is 5.91 Å². The van der Waals surface area contributed by atoms with Crippen molar-refractivity contribution in [3.05, 3.63) is 89.7 Å². The maximum Gasteiger partial charge on any atom is 0.411 e. The molecule has 0 saturated heterocycles. The number of pyridine rings is 1. The molecule has 0 spiro atoms. The minimum Gasteiger partial charge on any atom is -0.367 e. The number of amides is 1. The smallest absolute Gasteiger partial charge is 0.367 e. The van der Waals surface area contributed by atoms with Crippen molar-refractivity contribution in [1.29, 1.82) is 0 Å². The van der Waals surface area contributed by atoms with Gasteiger partial charge in [-0.15, -0.1) is 11.8 Å². The highest BCUT2D eigenvalue weighted by Crippen LogP contribution is 2.24. The first-order chi connectivity index (χ1) is 14.4. The molecule has 0 aliphatic heterocycles. The molecule has 2 aromatic carbocycles. The molecule has 0 saturated carbocycles. The summed E-state index contributed by atoms with van der Waals surface area (Å²) in [5.41, 5.74) is 2.76. The van der Waals surface area contributed by atoms with E-state index in [1.54, 1.807) is 42.2 Å². The molecule has 0 aliphatic rings. The predicted molar refractivity (Wildman–Crippen MR) is 110 cm³/mol. The number of anilines is 1. The van der Waals surface area contributed by atoms with Crippen LogP contribution in [0.15, 0.2) is 78.0 Å². The van der Waals surface area contributed by atoms with Crippen LogP contribution in [-0.2, 0) is 17.1 Å². The average Bonchev–Trinajstić information content (AvgIpc) is 2.73. The van der Waals surface area contributed by atoms with Crippen molar-refractivity contribution in [2.45, 2.75) is 23.4 Å². The number of aromatic nitrogens is 1. The Morgan fingerprint density at radius 3 is 2.37 bits per heavy atom. The molecule has 0 radical (unpaired) electrons. The molecule has 1 aromatic heterocycles. The van der Waals surface area contributed by atoms with Gasteiger partial charge in [0.15, 0.2) is 0 Å². The molecule has 30 heavy (non-hydrogen) atoms. The first kappa shape index (κ1) is 21.9. The Morgan fingerprint density at radius 2 is 1.73 bits per heavy atom. The molecule has 1 amide bonds. The summed E-state index contributed by atoms with van der Waals surface area (Å²) >= 11 is 1.67. The van der Waals surface area contributed by atoms with Crippen LogP contribution < -0.4 is 5.32 Å². The number of carbonyl (C=O) groups excluding carboxylic acids is 1. The van der Waals surface area contributed by atoms with E-state index in [2.05, 4.69) is 15.0 Å². The average molecular weight is 432 g/mol. The molecule has 4 nitrogen and oxygen atoms in total. The van der Waals surface area contributed by atoms with Gasteiger partial charge in [-0.25, -0.2) is 0 Å². The van der Waals surface area contributed by atoms with Gasteiger partial charge in [0, 0.05) is 34.3 Å². The number of nitrogens with one attached hydrogen (secondary N) is 1. The van der Waals surface area contributed by atoms with Gasteiger partial charge in [-0.3, -0.25) is 9.78 Å². The van der Waals surface area contributed by atoms with E-state index >= 15 is 0 Å². The quantitative estimate of drug-likeness (QED) is 0.464. The van der Waals surface area contributed by atoms with E-state index in [-0.39, 0.29) is 12.5 Å². The third-order valence-corrected chi connectivity index (χ3v) is 5.07. The fraction of sp³-hybridized carbons (Fsp3) is 0.182. The highest BCUT2D eigenvalue weighted by molar-refractivity contribution is 7.98. The number of carbonyl (C=O) groups is 1. The predicted octanol–water partition coefficient (Wildman–Crippen LogP) is 5.71. The van der Waals surface area contributed by atoms with Crippen LogP contribution in [0.25, 0.3) is 0 Å². The zero-order valence-corrected chi connectivity index (χ0v) is 16.7. The van der Waals surface area contributed by atoms with Crippen molar-refractivity contribution in [2.24, 2.45) is 0 Å². The van der Waals surface area contributed by atoms with Crippen molar-refractivity contribution >= 4 is 23.4 Å². The summed E-state index contributed by atoms with van der Waals surface area (Å²) in [6.45, 7) is -1.47. The largest absolute Gasteiger partial charge is 0.411 e. The summed E-state index contributed by atoms with van der Waals surface area (Å²) in [7, 11) is 0. The first-order valence-corrected chi connectivity index (χ1v) is 10.0. The summed E-state index contributed by atoms with van der Waals surface area (Å²) in [5.74, 6) is 0.506. The number of nitrogens with zero attached hydrogens (tertiary/aromatic N) is 1. The Balaban J connectivity index is 1.49. The zero-order valence-electron chi connectivity index (χ0n) is 15.9. The van der Waals surface area contributed by atoms with E-state index in [9.17, 15) is 18.0 Å². The number of benzene rings is 2. The minimum atomic E-state index is -4.35. The highest BCUT2D eigenvalue weighted by Gasteiger charge is 2.27. The van der Waals surface area contributed by atoms with Gasteiger partial charge in [0.1, 0.15) is 6.61 Å². The Labute approximate surface area is 176 Å². The fourth-order valence-electron chi connectivity index (χ4n) is 2.52. The van der Waals surface area contributed by atoms with Crippen LogP contribution in [0.3, 0.4) is 0 Å². The standard InChI is InChI=1S/C22H19F3N2O2S/c23-22(24,25)15-29-13-16-3-5-18(6-4-16)21(28)27-19-7-9-20(10-8-19)30-14-17-2-1-11-26-12-17/h1-12H,13-15H2,(H,27,28). The van der Waals surface area contributed by atoms with Crippen molar-refractivity contribution in [1.82, 2.24) is 4.98 Å². The van der Waals surface area contributed by atoms with Gasteiger partial charge < -0.3 is 10.1 Å². The molecular formula is C22H19F3N2O2S. The summed E-state index contributed by atoms with van der Waals surface area (Å²) in [6.07, 6.45) is -0.789. The van der Waals surface area contributed by atoms with Crippen LogP contribution in [0.4, 0.5) is 18.9 Å². The SMILES string of the molecule is O=C(Nc1ccc(SCc2cccnc2)cc1)c1ccc(COCC(F)(F)F)cc1. The molecule has 0 unspecified atom stereocenters. The lowest BCUT2D eigenvalue weighted by Gasteiger charge is -2.09. The van der Waals surface area contributed by atoms with Crippen LogP contribution in [0, 0.1) is 0 Å². The molecule has 3 aromatic rings. The normalized spacial score (nSPS) is 11.3. The molecule has 156 valence electrons. The Bertz CT molecular complexity index is 947. The van der Waals surface area contributed by atoms with Crippen LogP contribution >= 0.6 is 11.8 Å². The van der Waals surface area contributed by atoms with Crippen LogP contribution in [0.5, 0.6) is 0 Å². The molecular weight excluding hydrogens is 413 g/mol. The summed E-state index contributed by atoms with van der Waals surface area (Å²) in [4.78, 5) is 17.5. The van der Waals surface area contributed by atoms with E-state index < -0.39 is 12.8 Å². The maximum atomic E-state index is 12.4. The topological polar surface area (TPSA) is 51.2 Å². The zero-order chi connectivity index (χ0) is 21.4. The van der Waals surface area contributed by atoms with Crippen LogP contribution in [0.1, 0.15) is 21.5 Å². The molecule has 3 rings (SSSR count). The van der Waals surface area contributed by atoms with Crippen LogP contribution in [-0.4, -0.2) is 23.7 Å². The molecule has 0 atom stereocenters. The number of alkyl halides is 3. The number of thioether (sulfide) groups is 1. The van der Waals surface area contributed by atoms with E-state index in [1.165, 1.54) is 0 Å². The molecule has 0 bridgehead atoms. The molecule has 0 aliphatic carbocycles. The van der Waals surface area contributed by atoms with Crippen molar-refractivity contribution in [2.75, 3.05) is 11.9 Å². The molecule has 0 fully saturated rings. The lowest BCUT2D eigenvalue weighted by molar-refractivity contribution is -0.176. The third-order valence-electron chi connectivity index (χ3n) is 3.99. The Morgan fingerprint density at radius 1 is 1.00 bits per heavy atom. The minimum absolute atomic E-state index is 0.167. The number of hydrogen-bond acceptors (Lipinski definition) is 4. The second-order valence-corrected chi connectivity index (χ2v) is 7.48. The van der Waals surface area contributed by atoms with Gasteiger partial charge in [0.2, 0.25) is 0 Å². The molecule has 8 heteroatoms. The number of rotatable bonds is 8. The second-order valence-electron chi connectivity index (χ2n) is 6.43. The van der Waals surface area contributed by atoms with Gasteiger partial charge in [-0.2, -0.15) is 13.2 Å². The summed E-state index contributed by atoms with van der Waals surface area (Å²) < 4.78 is 40.9. The Hall–Kier alpha value is -2.84. The monoisotopic (exact) mass is 432 g/mol. The van der Waals surface area contributed by atoms with Gasteiger partial charge in [-0.1, -0.05) is 18.2 Å². The van der Waals surface area contributed by atoms with Crippen molar-refractivity contribution in [3.63, 3.8) is 0 Å². The van der Waals surface area contributed by atoms with Gasteiger partial charge >= 0.3 is 6.18 Å².